The zero-order valence-corrected chi connectivity index (χ0v) is 16.8. The van der Waals surface area contributed by atoms with E-state index in [1.807, 2.05) is 48.5 Å². The van der Waals surface area contributed by atoms with Crippen LogP contribution in [0.5, 0.6) is 0 Å². The molecule has 152 valence electrons. The molecule has 3 atom stereocenters. The van der Waals surface area contributed by atoms with E-state index < -0.39 is 12.2 Å². The summed E-state index contributed by atoms with van der Waals surface area (Å²) < 4.78 is 6.65. The molecule has 7 heteroatoms. The van der Waals surface area contributed by atoms with Crippen molar-refractivity contribution >= 4 is 43.9 Å². The monoisotopic (exact) mass is 420 g/mol. The van der Waals surface area contributed by atoms with Gasteiger partial charge in [0.05, 0.1) is 22.9 Å². The van der Waals surface area contributed by atoms with Crippen molar-refractivity contribution in [1.29, 1.82) is 0 Å². The number of benzene rings is 3. The van der Waals surface area contributed by atoms with Gasteiger partial charge in [0.2, 0.25) is 0 Å². The fourth-order valence-electron chi connectivity index (χ4n) is 3.81. The topological polar surface area (TPSA) is 91.7 Å². The van der Waals surface area contributed by atoms with Crippen molar-refractivity contribution in [3.8, 4) is 0 Å². The minimum absolute atomic E-state index is 0.198. The van der Waals surface area contributed by atoms with Crippen LogP contribution in [0.4, 0.5) is 5.69 Å². The Morgan fingerprint density at radius 1 is 1.17 bits per heavy atom. The zero-order chi connectivity index (χ0) is 20.7. The molecular weight excluding hydrogens is 400 g/mol. The maximum Gasteiger partial charge on any atom is 0.255 e. The number of aromatic nitrogens is 1. The lowest BCUT2D eigenvalue weighted by atomic mass is 10.1. The molecular formula is C23H20N2O4S. The third kappa shape index (κ3) is 3.46. The summed E-state index contributed by atoms with van der Waals surface area (Å²) >= 11 is 1.47. The first-order chi connectivity index (χ1) is 14.6. The van der Waals surface area contributed by atoms with Crippen molar-refractivity contribution in [1.82, 2.24) is 4.98 Å². The number of aliphatic hydroxyl groups excluding tert-OH is 2. The molecule has 3 aromatic carbocycles. The number of hydrogen-bond acceptors (Lipinski definition) is 6. The second kappa shape index (κ2) is 7.77. The molecule has 2 heterocycles. The number of rotatable bonds is 4. The second-order valence-electron chi connectivity index (χ2n) is 7.36. The van der Waals surface area contributed by atoms with Crippen LogP contribution in [0.2, 0.25) is 0 Å². The van der Waals surface area contributed by atoms with Crippen molar-refractivity contribution < 1.29 is 19.7 Å². The molecule has 0 saturated carbocycles. The van der Waals surface area contributed by atoms with Crippen LogP contribution in [0.25, 0.3) is 21.0 Å². The summed E-state index contributed by atoms with van der Waals surface area (Å²) in [7, 11) is 0. The number of amides is 1. The highest BCUT2D eigenvalue weighted by Gasteiger charge is 2.35. The molecule has 0 bridgehead atoms. The number of thiazole rings is 1. The molecule has 1 fully saturated rings. The molecule has 1 aliphatic rings. The van der Waals surface area contributed by atoms with Gasteiger partial charge in [-0.05, 0) is 29.7 Å². The number of ether oxygens (including phenoxy) is 1. The van der Waals surface area contributed by atoms with E-state index in [2.05, 4.69) is 10.3 Å². The predicted octanol–water partition coefficient (Wildman–Crippen LogP) is 3.89. The number of nitrogens with one attached hydrogen (secondary N) is 1. The summed E-state index contributed by atoms with van der Waals surface area (Å²) in [6, 6.07) is 19.2. The van der Waals surface area contributed by atoms with Gasteiger partial charge in [-0.15, -0.1) is 11.3 Å². The molecule has 1 aliphatic heterocycles. The lowest BCUT2D eigenvalue weighted by molar-refractivity contribution is -0.0225. The first-order valence-corrected chi connectivity index (χ1v) is 10.6. The molecule has 0 spiro atoms. The van der Waals surface area contributed by atoms with E-state index >= 15 is 0 Å². The Morgan fingerprint density at radius 2 is 2.00 bits per heavy atom. The highest BCUT2D eigenvalue weighted by atomic mass is 32.1. The highest BCUT2D eigenvalue weighted by molar-refractivity contribution is 7.18. The summed E-state index contributed by atoms with van der Waals surface area (Å²) in [6.45, 7) is -0.221. The van der Waals surface area contributed by atoms with Crippen LogP contribution >= 0.6 is 11.3 Å². The average Bonchev–Trinajstić information content (AvgIpc) is 3.36. The van der Waals surface area contributed by atoms with Crippen LogP contribution in [0.15, 0.2) is 60.7 Å². The number of aliphatic hydroxyl groups is 2. The third-order valence-corrected chi connectivity index (χ3v) is 6.51. The van der Waals surface area contributed by atoms with Crippen LogP contribution in [0, 0.1) is 0 Å². The maximum atomic E-state index is 12.9. The maximum absolute atomic E-state index is 12.9. The second-order valence-corrected chi connectivity index (χ2v) is 8.43. The van der Waals surface area contributed by atoms with E-state index in [-0.39, 0.29) is 18.6 Å². The van der Waals surface area contributed by atoms with Gasteiger partial charge in [-0.2, -0.15) is 0 Å². The number of anilines is 1. The first-order valence-electron chi connectivity index (χ1n) is 9.76. The van der Waals surface area contributed by atoms with Gasteiger partial charge in [0, 0.05) is 23.1 Å². The van der Waals surface area contributed by atoms with Crippen LogP contribution in [-0.4, -0.2) is 39.9 Å². The summed E-state index contributed by atoms with van der Waals surface area (Å²) in [4.78, 5) is 17.5. The van der Waals surface area contributed by atoms with Gasteiger partial charge in [0.1, 0.15) is 17.2 Å². The number of nitrogens with zero attached hydrogens (tertiary/aromatic N) is 1. The number of carbonyl (C=O) groups is 1. The molecule has 1 amide bonds. The van der Waals surface area contributed by atoms with Crippen molar-refractivity contribution in [2.75, 3.05) is 11.9 Å². The Balaban J connectivity index is 1.40. The standard InChI is InChI=1S/C23H20N2O4S/c26-12-20-18(27)11-19(29-20)23-25-17-10-14(8-9-21(17)30-23)22(28)24-16-7-3-5-13-4-1-2-6-15(13)16/h1-10,18-20,26-27H,11-12H2,(H,24,28)/t18-,19+,20+/m0/s1. The van der Waals surface area contributed by atoms with Gasteiger partial charge in [-0.1, -0.05) is 36.4 Å². The van der Waals surface area contributed by atoms with E-state index in [0.29, 0.717) is 17.5 Å². The van der Waals surface area contributed by atoms with Crippen LogP contribution in [-0.2, 0) is 4.74 Å². The van der Waals surface area contributed by atoms with Gasteiger partial charge in [0.25, 0.3) is 5.91 Å². The van der Waals surface area contributed by atoms with Crippen LogP contribution in [0.3, 0.4) is 0 Å². The fourth-order valence-corrected chi connectivity index (χ4v) is 4.80. The Kier molecular flexibility index (Phi) is 4.96. The zero-order valence-electron chi connectivity index (χ0n) is 16.0. The quantitative estimate of drug-likeness (QED) is 0.466. The minimum atomic E-state index is -0.700. The van der Waals surface area contributed by atoms with Crippen LogP contribution < -0.4 is 5.32 Å². The molecule has 0 radical (unpaired) electrons. The smallest absolute Gasteiger partial charge is 0.255 e. The molecule has 3 N–H and O–H groups in total. The number of hydrogen-bond donors (Lipinski definition) is 3. The van der Waals surface area contributed by atoms with E-state index in [1.165, 1.54) is 11.3 Å². The van der Waals surface area contributed by atoms with Gasteiger partial charge in [-0.3, -0.25) is 4.79 Å². The average molecular weight is 420 g/mol. The predicted molar refractivity (Wildman–Crippen MR) is 117 cm³/mol. The molecule has 6 nitrogen and oxygen atoms in total. The SMILES string of the molecule is O=C(Nc1cccc2ccccc12)c1ccc2sc([C@H]3C[C@H](O)[C@@H](CO)O3)nc2c1. The largest absolute Gasteiger partial charge is 0.394 e. The van der Waals surface area contributed by atoms with E-state index in [9.17, 15) is 15.0 Å². The summed E-state index contributed by atoms with van der Waals surface area (Å²) in [5.41, 5.74) is 2.00. The van der Waals surface area contributed by atoms with Crippen molar-refractivity contribution in [3.05, 3.63) is 71.2 Å². The summed E-state index contributed by atoms with van der Waals surface area (Å²) in [5.74, 6) is -0.198. The number of carbonyl (C=O) groups excluding carboxylic acids is 1. The van der Waals surface area contributed by atoms with Gasteiger partial charge in [0.15, 0.2) is 0 Å². The highest BCUT2D eigenvalue weighted by Crippen LogP contribution is 2.37. The van der Waals surface area contributed by atoms with Crippen molar-refractivity contribution in [3.63, 3.8) is 0 Å². The molecule has 5 rings (SSSR count). The Hall–Kier alpha value is -2.84. The van der Waals surface area contributed by atoms with Gasteiger partial charge < -0.3 is 20.3 Å². The van der Waals surface area contributed by atoms with Crippen molar-refractivity contribution in [2.45, 2.75) is 24.7 Å². The molecule has 30 heavy (non-hydrogen) atoms. The minimum Gasteiger partial charge on any atom is -0.394 e. The molecule has 0 aliphatic carbocycles. The van der Waals surface area contributed by atoms with Gasteiger partial charge in [-0.25, -0.2) is 4.98 Å². The normalized spacial score (nSPS) is 21.3. The Morgan fingerprint density at radius 3 is 2.83 bits per heavy atom. The number of fused-ring (bicyclic) bond motifs is 2. The lowest BCUT2D eigenvalue weighted by Crippen LogP contribution is -2.24. The van der Waals surface area contributed by atoms with E-state index in [4.69, 9.17) is 4.74 Å². The van der Waals surface area contributed by atoms with Crippen molar-refractivity contribution in [2.24, 2.45) is 0 Å². The Bertz CT molecular complexity index is 1230. The molecule has 0 unspecified atom stereocenters. The lowest BCUT2D eigenvalue weighted by Gasteiger charge is -2.09. The van der Waals surface area contributed by atoms with Crippen LogP contribution in [0.1, 0.15) is 27.9 Å². The fraction of sp³-hybridized carbons (Fsp3) is 0.217. The summed E-state index contributed by atoms with van der Waals surface area (Å²) in [6.07, 6.45) is -1.22. The molecule has 4 aromatic rings. The van der Waals surface area contributed by atoms with E-state index in [1.54, 1.807) is 12.1 Å². The summed E-state index contributed by atoms with van der Waals surface area (Å²) in [5, 5.41) is 25.0. The molecule has 1 saturated heterocycles. The first kappa shape index (κ1) is 19.1. The van der Waals surface area contributed by atoms with E-state index in [0.717, 1.165) is 26.2 Å². The Labute approximate surface area is 176 Å². The molecule has 1 aromatic heterocycles. The van der Waals surface area contributed by atoms with Gasteiger partial charge >= 0.3 is 0 Å². The third-order valence-electron chi connectivity index (χ3n) is 5.38.